The van der Waals surface area contributed by atoms with Crippen molar-refractivity contribution in [3.05, 3.63) is 36.2 Å². The molecule has 1 aliphatic heterocycles. The molecule has 8 nitrogen and oxygen atoms in total. The molecule has 0 unspecified atom stereocenters. The van der Waals surface area contributed by atoms with Gasteiger partial charge in [0.2, 0.25) is 0 Å². The van der Waals surface area contributed by atoms with E-state index in [4.69, 9.17) is 0 Å². The van der Waals surface area contributed by atoms with E-state index in [9.17, 15) is 10.2 Å². The number of hydrogen-bond acceptors (Lipinski definition) is 8. The molecule has 8 heteroatoms. The largest absolute Gasteiger partial charge is 0.385 e. The predicted octanol–water partition coefficient (Wildman–Crippen LogP) is 1.48. The average molecular weight is 358 g/mol. The van der Waals surface area contributed by atoms with Crippen molar-refractivity contribution in [3.63, 3.8) is 0 Å². The highest BCUT2D eigenvalue weighted by atomic mass is 16.3. The maximum absolute atomic E-state index is 9.75. The fourth-order valence-electron chi connectivity index (χ4n) is 3.41. The molecule has 3 heterocycles. The summed E-state index contributed by atoms with van der Waals surface area (Å²) in [5.41, 5.74) is 0. The molecule has 0 radical (unpaired) electrons. The number of aliphatic hydroxyl groups is 2. The second-order valence-corrected chi connectivity index (χ2v) is 6.91. The summed E-state index contributed by atoms with van der Waals surface area (Å²) in [7, 11) is 0. The summed E-state index contributed by atoms with van der Waals surface area (Å²) in [6.07, 6.45) is 1.99. The van der Waals surface area contributed by atoms with E-state index in [-0.39, 0.29) is 12.1 Å². The third kappa shape index (κ3) is 3.76. The Morgan fingerprint density at radius 1 is 0.885 bits per heavy atom. The molecule has 2 aromatic rings. The lowest BCUT2D eigenvalue weighted by atomic mass is 10.1. The van der Waals surface area contributed by atoms with Gasteiger partial charge in [0.1, 0.15) is 23.8 Å². The minimum atomic E-state index is -0.693. The zero-order chi connectivity index (χ0) is 18.8. The normalized spacial score (nSPS) is 23.0. The first kappa shape index (κ1) is 18.5. The summed E-state index contributed by atoms with van der Waals surface area (Å²) in [5, 5.41) is 19.5. The molecule has 26 heavy (non-hydrogen) atoms. The monoisotopic (exact) mass is 358 g/mol. The molecule has 4 atom stereocenters. The van der Waals surface area contributed by atoms with E-state index in [0.29, 0.717) is 11.6 Å². The lowest BCUT2D eigenvalue weighted by Crippen LogP contribution is -2.57. The lowest BCUT2D eigenvalue weighted by Gasteiger charge is -2.45. The van der Waals surface area contributed by atoms with Gasteiger partial charge in [-0.15, -0.1) is 0 Å². The van der Waals surface area contributed by atoms with Gasteiger partial charge in [-0.1, -0.05) is 0 Å². The SMILES string of the molecule is C[C@@H](O)c1nccc(N2C[C@H](C)N(c3ccnc([C@@H](C)O)n3)[C@@H](C)C2)n1. The Hall–Kier alpha value is -2.32. The van der Waals surface area contributed by atoms with E-state index in [1.54, 1.807) is 26.2 Å². The number of anilines is 2. The van der Waals surface area contributed by atoms with Gasteiger partial charge in [0.25, 0.3) is 0 Å². The predicted molar refractivity (Wildman–Crippen MR) is 98.9 cm³/mol. The van der Waals surface area contributed by atoms with Crippen LogP contribution in [0.1, 0.15) is 51.6 Å². The molecule has 0 spiro atoms. The molecule has 2 N–H and O–H groups in total. The van der Waals surface area contributed by atoms with Crippen LogP contribution in [0.5, 0.6) is 0 Å². The highest BCUT2D eigenvalue weighted by Gasteiger charge is 2.31. The second-order valence-electron chi connectivity index (χ2n) is 6.91. The third-order valence-corrected chi connectivity index (χ3v) is 4.57. The second kappa shape index (κ2) is 7.51. The van der Waals surface area contributed by atoms with Gasteiger partial charge in [0.05, 0.1) is 0 Å². The maximum Gasteiger partial charge on any atom is 0.158 e. The van der Waals surface area contributed by atoms with Gasteiger partial charge < -0.3 is 20.0 Å². The van der Waals surface area contributed by atoms with Gasteiger partial charge in [0.15, 0.2) is 11.6 Å². The van der Waals surface area contributed by atoms with Gasteiger partial charge in [-0.05, 0) is 39.8 Å². The minimum absolute atomic E-state index is 0.195. The highest BCUT2D eigenvalue weighted by molar-refractivity contribution is 5.47. The van der Waals surface area contributed by atoms with Crippen LogP contribution in [-0.2, 0) is 0 Å². The molecule has 3 rings (SSSR count). The van der Waals surface area contributed by atoms with Crippen molar-refractivity contribution in [1.29, 1.82) is 0 Å². The van der Waals surface area contributed by atoms with Crippen molar-refractivity contribution in [2.75, 3.05) is 22.9 Å². The molecule has 1 aliphatic rings. The average Bonchev–Trinajstić information content (AvgIpc) is 2.61. The number of nitrogens with zero attached hydrogens (tertiary/aromatic N) is 6. The number of aliphatic hydroxyl groups excluding tert-OH is 2. The van der Waals surface area contributed by atoms with E-state index >= 15 is 0 Å². The topological polar surface area (TPSA) is 98.5 Å². The summed E-state index contributed by atoms with van der Waals surface area (Å²) >= 11 is 0. The van der Waals surface area contributed by atoms with Crippen molar-refractivity contribution in [1.82, 2.24) is 19.9 Å². The van der Waals surface area contributed by atoms with E-state index in [2.05, 4.69) is 43.6 Å². The smallest absolute Gasteiger partial charge is 0.158 e. The van der Waals surface area contributed by atoms with Crippen LogP contribution in [0.4, 0.5) is 11.6 Å². The van der Waals surface area contributed by atoms with Crippen molar-refractivity contribution in [2.45, 2.75) is 52.0 Å². The highest BCUT2D eigenvalue weighted by Crippen LogP contribution is 2.26. The third-order valence-electron chi connectivity index (χ3n) is 4.57. The first-order chi connectivity index (χ1) is 12.4. The van der Waals surface area contributed by atoms with E-state index in [1.807, 2.05) is 12.1 Å². The Labute approximate surface area is 153 Å². The lowest BCUT2D eigenvalue weighted by molar-refractivity contribution is 0.188. The van der Waals surface area contributed by atoms with E-state index in [0.717, 1.165) is 24.7 Å². The number of hydrogen-bond donors (Lipinski definition) is 2. The zero-order valence-electron chi connectivity index (χ0n) is 15.6. The Balaban J connectivity index is 1.81. The Kier molecular flexibility index (Phi) is 5.33. The first-order valence-corrected chi connectivity index (χ1v) is 8.92. The molecule has 0 aliphatic carbocycles. The minimum Gasteiger partial charge on any atom is -0.385 e. The molecular formula is C18H26N6O2. The fourth-order valence-corrected chi connectivity index (χ4v) is 3.41. The molecule has 0 amide bonds. The molecule has 0 saturated carbocycles. The van der Waals surface area contributed by atoms with E-state index in [1.165, 1.54) is 0 Å². The maximum atomic E-state index is 9.75. The van der Waals surface area contributed by atoms with Crippen LogP contribution in [0.25, 0.3) is 0 Å². The van der Waals surface area contributed by atoms with Crippen LogP contribution >= 0.6 is 0 Å². The zero-order valence-corrected chi connectivity index (χ0v) is 15.6. The summed E-state index contributed by atoms with van der Waals surface area (Å²) in [6, 6.07) is 4.14. The van der Waals surface area contributed by atoms with Crippen molar-refractivity contribution in [3.8, 4) is 0 Å². The van der Waals surface area contributed by atoms with E-state index < -0.39 is 12.2 Å². The van der Waals surface area contributed by atoms with Crippen LogP contribution in [0, 0.1) is 0 Å². The van der Waals surface area contributed by atoms with Crippen LogP contribution in [0.2, 0.25) is 0 Å². The Bertz CT molecular complexity index is 742. The quantitative estimate of drug-likeness (QED) is 0.848. The van der Waals surface area contributed by atoms with Gasteiger partial charge in [-0.2, -0.15) is 0 Å². The van der Waals surface area contributed by atoms with Crippen molar-refractivity contribution < 1.29 is 10.2 Å². The van der Waals surface area contributed by atoms with Crippen LogP contribution < -0.4 is 9.80 Å². The molecule has 1 fully saturated rings. The summed E-state index contributed by atoms with van der Waals surface area (Å²) in [5.74, 6) is 2.51. The standard InChI is InChI=1S/C18H26N6O2/c1-11-9-23(15-5-7-19-17(21-15)13(3)25)10-12(2)24(11)16-6-8-20-18(22-16)14(4)26/h5-8,11-14,25-26H,9-10H2,1-4H3/t11-,12-,13+,14+/m0/s1. The van der Waals surface area contributed by atoms with Crippen LogP contribution in [0.3, 0.4) is 0 Å². The van der Waals surface area contributed by atoms with Gasteiger partial charge in [-0.3, -0.25) is 0 Å². The van der Waals surface area contributed by atoms with Crippen molar-refractivity contribution in [2.24, 2.45) is 0 Å². The first-order valence-electron chi connectivity index (χ1n) is 8.92. The van der Waals surface area contributed by atoms with Gasteiger partial charge in [0, 0.05) is 37.6 Å². The molecule has 140 valence electrons. The fraction of sp³-hybridized carbons (Fsp3) is 0.556. The van der Waals surface area contributed by atoms with Gasteiger partial charge in [-0.25, -0.2) is 19.9 Å². The van der Waals surface area contributed by atoms with Crippen LogP contribution in [-0.4, -0.2) is 55.3 Å². The van der Waals surface area contributed by atoms with Crippen molar-refractivity contribution >= 4 is 11.6 Å². The van der Waals surface area contributed by atoms with Crippen LogP contribution in [0.15, 0.2) is 24.5 Å². The molecule has 2 aromatic heterocycles. The molecule has 1 saturated heterocycles. The number of aromatic nitrogens is 4. The number of piperazine rings is 1. The van der Waals surface area contributed by atoms with Gasteiger partial charge >= 0.3 is 0 Å². The molecular weight excluding hydrogens is 332 g/mol. The molecule has 0 bridgehead atoms. The Morgan fingerprint density at radius 2 is 1.35 bits per heavy atom. The summed E-state index contributed by atoms with van der Waals surface area (Å²) in [4.78, 5) is 21.7. The summed E-state index contributed by atoms with van der Waals surface area (Å²) < 4.78 is 0. The number of rotatable bonds is 4. The summed E-state index contributed by atoms with van der Waals surface area (Å²) in [6.45, 7) is 9.16. The molecule has 0 aromatic carbocycles. The Morgan fingerprint density at radius 3 is 1.85 bits per heavy atom.